The van der Waals surface area contributed by atoms with E-state index in [0.29, 0.717) is 0 Å². The zero-order chi connectivity index (χ0) is 16.0. The summed E-state index contributed by atoms with van der Waals surface area (Å²) in [4.78, 5) is 11.2. The van der Waals surface area contributed by atoms with E-state index in [9.17, 15) is 13.2 Å². The van der Waals surface area contributed by atoms with Gasteiger partial charge < -0.3 is 9.47 Å². The van der Waals surface area contributed by atoms with E-state index in [0.717, 1.165) is 8.99 Å². The lowest BCUT2D eigenvalue weighted by molar-refractivity contribution is -0.140. The summed E-state index contributed by atoms with van der Waals surface area (Å²) in [5.74, 6) is -0.491. The Hall–Kier alpha value is -1.04. The normalized spacial score (nSPS) is 11.9. The van der Waals surface area contributed by atoms with Gasteiger partial charge in [0.25, 0.3) is 10.0 Å². The molecule has 120 valence electrons. The number of rotatable bonds is 8. The van der Waals surface area contributed by atoms with Crippen LogP contribution in [0, 0.1) is 0 Å². The quantitative estimate of drug-likeness (QED) is 0.570. The monoisotopic (exact) mass is 384 g/mol. The molecule has 0 aliphatic heterocycles. The van der Waals surface area contributed by atoms with E-state index in [2.05, 4.69) is 31.0 Å². The van der Waals surface area contributed by atoms with Crippen LogP contribution in [-0.4, -0.2) is 67.6 Å². The summed E-state index contributed by atoms with van der Waals surface area (Å²) in [5, 5.41) is 7.22. The average molecular weight is 385 g/mol. The Bertz CT molecular complexity index is 569. The van der Waals surface area contributed by atoms with Crippen molar-refractivity contribution in [3.8, 4) is 0 Å². The highest BCUT2D eigenvalue weighted by molar-refractivity contribution is 9.10. The number of halogens is 1. The molecule has 0 bridgehead atoms. The molecule has 1 heterocycles. The SMILES string of the molecule is COCCN(CCC(=O)OC)S(=O)(=O)c1c(Br)nnn1C. The average Bonchev–Trinajstić information content (AvgIpc) is 2.77. The van der Waals surface area contributed by atoms with Crippen LogP contribution in [-0.2, 0) is 31.3 Å². The third-order valence-corrected chi connectivity index (χ3v) is 5.45. The summed E-state index contributed by atoms with van der Waals surface area (Å²) < 4.78 is 37.1. The molecule has 0 fully saturated rings. The Morgan fingerprint density at radius 1 is 1.38 bits per heavy atom. The van der Waals surface area contributed by atoms with Gasteiger partial charge in [0.1, 0.15) is 0 Å². The predicted octanol–water partition coefficient (Wildman–Crippen LogP) is -0.222. The van der Waals surface area contributed by atoms with Crippen LogP contribution in [0.1, 0.15) is 6.42 Å². The lowest BCUT2D eigenvalue weighted by atomic mass is 10.4. The summed E-state index contributed by atoms with van der Waals surface area (Å²) in [6, 6.07) is 0. The highest BCUT2D eigenvalue weighted by Crippen LogP contribution is 2.22. The van der Waals surface area contributed by atoms with Crippen LogP contribution in [0.5, 0.6) is 0 Å². The summed E-state index contributed by atoms with van der Waals surface area (Å²) in [6.07, 6.45) is -0.0532. The molecule has 1 aromatic rings. The van der Waals surface area contributed by atoms with Crippen molar-refractivity contribution in [2.24, 2.45) is 7.05 Å². The number of aromatic nitrogens is 3. The molecule has 21 heavy (non-hydrogen) atoms. The summed E-state index contributed by atoms with van der Waals surface area (Å²) in [6.45, 7) is 0.284. The van der Waals surface area contributed by atoms with Crippen molar-refractivity contribution in [3.63, 3.8) is 0 Å². The number of carbonyl (C=O) groups is 1. The van der Waals surface area contributed by atoms with Gasteiger partial charge in [-0.3, -0.25) is 4.79 Å². The number of sulfonamides is 1. The van der Waals surface area contributed by atoms with Gasteiger partial charge in [-0.15, -0.1) is 5.10 Å². The van der Waals surface area contributed by atoms with E-state index in [1.807, 2.05) is 0 Å². The van der Waals surface area contributed by atoms with Gasteiger partial charge >= 0.3 is 5.97 Å². The van der Waals surface area contributed by atoms with Crippen LogP contribution in [0.4, 0.5) is 0 Å². The largest absolute Gasteiger partial charge is 0.469 e. The first-order chi connectivity index (χ1) is 9.84. The summed E-state index contributed by atoms with van der Waals surface area (Å²) in [5.41, 5.74) is 0. The van der Waals surface area contributed by atoms with Crippen LogP contribution in [0.15, 0.2) is 9.63 Å². The lowest BCUT2D eigenvalue weighted by Gasteiger charge is -2.21. The van der Waals surface area contributed by atoms with Gasteiger partial charge in [0.05, 0.1) is 20.1 Å². The van der Waals surface area contributed by atoms with Gasteiger partial charge in [-0.05, 0) is 15.9 Å². The second-order valence-electron chi connectivity index (χ2n) is 4.03. The minimum absolute atomic E-state index is 0.0179. The molecule has 0 radical (unpaired) electrons. The fraction of sp³-hybridized carbons (Fsp3) is 0.700. The van der Waals surface area contributed by atoms with Crippen LogP contribution in [0.3, 0.4) is 0 Å². The third-order valence-electron chi connectivity index (χ3n) is 2.66. The predicted molar refractivity (Wildman–Crippen MR) is 76.0 cm³/mol. The fourth-order valence-corrected chi connectivity index (χ4v) is 4.04. The number of carbonyl (C=O) groups excluding carboxylic acids is 1. The van der Waals surface area contributed by atoms with E-state index in [1.165, 1.54) is 21.3 Å². The molecule has 0 amide bonds. The summed E-state index contributed by atoms with van der Waals surface area (Å²) in [7, 11) is 0.326. The minimum Gasteiger partial charge on any atom is -0.469 e. The molecule has 0 unspecified atom stereocenters. The zero-order valence-corrected chi connectivity index (χ0v) is 14.3. The molecule has 0 N–H and O–H groups in total. The Labute approximate surface area is 131 Å². The number of nitrogens with zero attached hydrogens (tertiary/aromatic N) is 4. The van der Waals surface area contributed by atoms with Crippen LogP contribution < -0.4 is 0 Å². The van der Waals surface area contributed by atoms with Crippen LogP contribution in [0.2, 0.25) is 0 Å². The second kappa shape index (κ2) is 7.82. The highest BCUT2D eigenvalue weighted by Gasteiger charge is 2.31. The van der Waals surface area contributed by atoms with Crippen molar-refractivity contribution in [3.05, 3.63) is 4.60 Å². The van der Waals surface area contributed by atoms with E-state index in [-0.39, 0.29) is 35.7 Å². The molecular weight excluding hydrogens is 368 g/mol. The van der Waals surface area contributed by atoms with Gasteiger partial charge in [-0.25, -0.2) is 13.1 Å². The van der Waals surface area contributed by atoms with Crippen LogP contribution >= 0.6 is 15.9 Å². The molecule has 0 aromatic carbocycles. The molecule has 0 saturated heterocycles. The first-order valence-electron chi connectivity index (χ1n) is 5.95. The van der Waals surface area contributed by atoms with Crippen molar-refractivity contribution >= 4 is 31.9 Å². The van der Waals surface area contributed by atoms with Gasteiger partial charge in [-0.1, -0.05) is 5.21 Å². The number of hydrogen-bond donors (Lipinski definition) is 0. The molecule has 0 aliphatic rings. The molecule has 1 rings (SSSR count). The molecule has 1 aromatic heterocycles. The van der Waals surface area contributed by atoms with Crippen molar-refractivity contribution in [1.29, 1.82) is 0 Å². The number of esters is 1. The number of hydrogen-bond acceptors (Lipinski definition) is 7. The van der Waals surface area contributed by atoms with E-state index < -0.39 is 16.0 Å². The van der Waals surface area contributed by atoms with Gasteiger partial charge in [-0.2, -0.15) is 4.31 Å². The Morgan fingerprint density at radius 2 is 2.05 bits per heavy atom. The third kappa shape index (κ3) is 4.46. The van der Waals surface area contributed by atoms with Crippen molar-refractivity contribution in [1.82, 2.24) is 19.3 Å². The maximum absolute atomic E-state index is 12.6. The topological polar surface area (TPSA) is 104 Å². The van der Waals surface area contributed by atoms with Gasteiger partial charge in [0.15, 0.2) is 4.60 Å². The highest BCUT2D eigenvalue weighted by atomic mass is 79.9. The lowest BCUT2D eigenvalue weighted by Crippen LogP contribution is -2.37. The van der Waals surface area contributed by atoms with E-state index >= 15 is 0 Å². The first-order valence-corrected chi connectivity index (χ1v) is 8.19. The summed E-state index contributed by atoms with van der Waals surface area (Å²) >= 11 is 3.06. The minimum atomic E-state index is -3.86. The Morgan fingerprint density at radius 3 is 2.52 bits per heavy atom. The Balaban J connectivity index is 3.03. The molecule has 0 spiro atoms. The first kappa shape index (κ1) is 18.0. The zero-order valence-electron chi connectivity index (χ0n) is 11.9. The van der Waals surface area contributed by atoms with Crippen LogP contribution in [0.25, 0.3) is 0 Å². The molecule has 9 nitrogen and oxygen atoms in total. The smallest absolute Gasteiger partial charge is 0.306 e. The van der Waals surface area contributed by atoms with E-state index in [4.69, 9.17) is 4.74 Å². The maximum Gasteiger partial charge on any atom is 0.306 e. The maximum atomic E-state index is 12.6. The second-order valence-corrected chi connectivity index (χ2v) is 6.64. The molecule has 11 heteroatoms. The van der Waals surface area contributed by atoms with E-state index in [1.54, 1.807) is 0 Å². The standard InChI is InChI=1S/C10H17BrN4O5S/c1-14-10(9(11)12-13-14)21(17,18)15(6-7-19-2)5-4-8(16)20-3/h4-7H2,1-3H3. The van der Waals surface area contributed by atoms with Gasteiger partial charge in [0, 0.05) is 27.2 Å². The molecular formula is C10H17BrN4O5S. The molecule has 0 atom stereocenters. The number of aryl methyl sites for hydroxylation is 1. The van der Waals surface area contributed by atoms with Crippen molar-refractivity contribution in [2.45, 2.75) is 11.4 Å². The van der Waals surface area contributed by atoms with Crippen molar-refractivity contribution < 1.29 is 22.7 Å². The molecule has 0 saturated carbocycles. The Kier molecular flexibility index (Phi) is 6.71. The fourth-order valence-electron chi connectivity index (χ4n) is 1.58. The van der Waals surface area contributed by atoms with Gasteiger partial charge in [0.2, 0.25) is 5.03 Å². The molecule has 0 aliphatic carbocycles. The number of ether oxygens (including phenoxy) is 2. The number of methoxy groups -OCH3 is 2. The van der Waals surface area contributed by atoms with Crippen molar-refractivity contribution in [2.75, 3.05) is 33.9 Å².